The van der Waals surface area contributed by atoms with Gasteiger partial charge in [0.1, 0.15) is 0 Å². The van der Waals surface area contributed by atoms with Crippen LogP contribution in [0.4, 0.5) is 10.5 Å². The molecule has 1 aliphatic rings. The Balaban J connectivity index is 1.66. The van der Waals surface area contributed by atoms with E-state index in [0.717, 1.165) is 16.8 Å². The molecule has 0 aromatic heterocycles. The number of nitrogens with zero attached hydrogens (tertiary/aromatic N) is 1. The molecular formula is C17H18N2O2. The molecule has 0 unspecified atom stereocenters. The number of hydrogen-bond donors (Lipinski definition) is 2. The molecule has 2 aromatic carbocycles. The highest BCUT2D eigenvalue weighted by atomic mass is 16.3. The van der Waals surface area contributed by atoms with E-state index in [9.17, 15) is 9.90 Å². The van der Waals surface area contributed by atoms with Crippen LogP contribution in [-0.2, 0) is 0 Å². The Morgan fingerprint density at radius 1 is 1.05 bits per heavy atom. The van der Waals surface area contributed by atoms with Gasteiger partial charge in [-0.15, -0.1) is 0 Å². The molecule has 2 amide bonds. The van der Waals surface area contributed by atoms with Crippen molar-refractivity contribution in [3.63, 3.8) is 0 Å². The first-order valence-corrected chi connectivity index (χ1v) is 7.12. The van der Waals surface area contributed by atoms with Gasteiger partial charge >= 0.3 is 6.03 Å². The molecule has 0 bridgehead atoms. The highest BCUT2D eigenvalue weighted by Crippen LogP contribution is 2.21. The molecule has 3 rings (SSSR count). The molecule has 21 heavy (non-hydrogen) atoms. The van der Waals surface area contributed by atoms with Gasteiger partial charge in [0, 0.05) is 18.8 Å². The van der Waals surface area contributed by atoms with Crippen molar-refractivity contribution in [2.45, 2.75) is 12.5 Å². The standard InChI is InChI=1S/C17H18N2O2/c20-16-10-11-19(12-16)17(21)18-15-8-6-14(7-9-15)13-4-2-1-3-5-13/h1-9,16,20H,10-12H2,(H,18,21)/t16-/m1/s1. The minimum Gasteiger partial charge on any atom is -0.391 e. The Labute approximate surface area is 124 Å². The summed E-state index contributed by atoms with van der Waals surface area (Å²) in [7, 11) is 0. The summed E-state index contributed by atoms with van der Waals surface area (Å²) in [6, 6.07) is 17.7. The first-order chi connectivity index (χ1) is 10.2. The molecule has 1 heterocycles. The van der Waals surface area contributed by atoms with Gasteiger partial charge in [0.15, 0.2) is 0 Å². The van der Waals surface area contributed by atoms with Gasteiger partial charge < -0.3 is 15.3 Å². The fourth-order valence-electron chi connectivity index (χ4n) is 2.51. The summed E-state index contributed by atoms with van der Waals surface area (Å²) in [5.41, 5.74) is 3.03. The van der Waals surface area contributed by atoms with Crippen LogP contribution in [0.2, 0.25) is 0 Å². The first-order valence-electron chi connectivity index (χ1n) is 7.12. The molecule has 1 fully saturated rings. The summed E-state index contributed by atoms with van der Waals surface area (Å²) in [6.07, 6.45) is 0.261. The summed E-state index contributed by atoms with van der Waals surface area (Å²) in [6.45, 7) is 1.02. The number of benzene rings is 2. The molecule has 108 valence electrons. The number of aliphatic hydroxyl groups excluding tert-OH is 1. The second-order valence-electron chi connectivity index (χ2n) is 5.26. The second kappa shape index (κ2) is 5.97. The van der Waals surface area contributed by atoms with Crippen molar-refractivity contribution in [1.29, 1.82) is 0 Å². The van der Waals surface area contributed by atoms with Crippen LogP contribution in [0.25, 0.3) is 11.1 Å². The molecular weight excluding hydrogens is 264 g/mol. The van der Waals surface area contributed by atoms with Crippen LogP contribution in [-0.4, -0.2) is 35.2 Å². The van der Waals surface area contributed by atoms with E-state index in [0.29, 0.717) is 19.5 Å². The summed E-state index contributed by atoms with van der Waals surface area (Å²) >= 11 is 0. The number of rotatable bonds is 2. The van der Waals surface area contributed by atoms with Gasteiger partial charge in [-0.2, -0.15) is 0 Å². The lowest BCUT2D eigenvalue weighted by molar-refractivity contribution is 0.176. The minimum absolute atomic E-state index is 0.154. The average molecular weight is 282 g/mol. The van der Waals surface area contributed by atoms with E-state index in [-0.39, 0.29) is 6.03 Å². The number of aliphatic hydroxyl groups is 1. The number of amides is 2. The Hall–Kier alpha value is -2.33. The quantitative estimate of drug-likeness (QED) is 0.889. The SMILES string of the molecule is O=C(Nc1ccc(-c2ccccc2)cc1)N1CC[C@@H](O)C1. The van der Waals surface area contributed by atoms with Crippen LogP contribution in [0, 0.1) is 0 Å². The van der Waals surface area contributed by atoms with Gasteiger partial charge in [0.05, 0.1) is 6.10 Å². The van der Waals surface area contributed by atoms with Crippen LogP contribution in [0.5, 0.6) is 0 Å². The Kier molecular flexibility index (Phi) is 3.88. The maximum absolute atomic E-state index is 12.0. The van der Waals surface area contributed by atoms with Gasteiger partial charge in [-0.3, -0.25) is 0 Å². The molecule has 0 spiro atoms. The predicted octanol–water partition coefficient (Wildman–Crippen LogP) is 2.95. The molecule has 1 aliphatic heterocycles. The second-order valence-corrected chi connectivity index (χ2v) is 5.26. The average Bonchev–Trinajstić information content (AvgIpc) is 2.96. The molecule has 1 atom stereocenters. The maximum Gasteiger partial charge on any atom is 0.321 e. The summed E-state index contributed by atoms with van der Waals surface area (Å²) in [5, 5.41) is 12.3. The highest BCUT2D eigenvalue weighted by molar-refractivity contribution is 5.89. The van der Waals surface area contributed by atoms with Crippen molar-refractivity contribution in [1.82, 2.24) is 4.90 Å². The van der Waals surface area contributed by atoms with Gasteiger partial charge in [-0.1, -0.05) is 42.5 Å². The predicted molar refractivity (Wildman–Crippen MR) is 83.1 cm³/mol. The zero-order chi connectivity index (χ0) is 14.7. The smallest absolute Gasteiger partial charge is 0.321 e. The highest BCUT2D eigenvalue weighted by Gasteiger charge is 2.24. The van der Waals surface area contributed by atoms with Crippen LogP contribution in [0.3, 0.4) is 0 Å². The van der Waals surface area contributed by atoms with Crippen molar-refractivity contribution in [3.8, 4) is 11.1 Å². The number of carbonyl (C=O) groups excluding carboxylic acids is 1. The van der Waals surface area contributed by atoms with Crippen molar-refractivity contribution >= 4 is 11.7 Å². The molecule has 1 saturated heterocycles. The van der Waals surface area contributed by atoms with Crippen molar-refractivity contribution < 1.29 is 9.90 Å². The zero-order valence-corrected chi connectivity index (χ0v) is 11.7. The normalized spacial score (nSPS) is 17.8. The third-order valence-corrected chi connectivity index (χ3v) is 3.69. The van der Waals surface area contributed by atoms with E-state index >= 15 is 0 Å². The van der Waals surface area contributed by atoms with Gasteiger partial charge in [-0.05, 0) is 29.7 Å². The zero-order valence-electron chi connectivity index (χ0n) is 11.7. The van der Waals surface area contributed by atoms with Crippen LogP contribution >= 0.6 is 0 Å². The number of urea groups is 1. The van der Waals surface area contributed by atoms with Gasteiger partial charge in [0.2, 0.25) is 0 Å². The van der Waals surface area contributed by atoms with Crippen molar-refractivity contribution in [3.05, 3.63) is 54.6 Å². The van der Waals surface area contributed by atoms with E-state index in [4.69, 9.17) is 0 Å². The van der Waals surface area contributed by atoms with Gasteiger partial charge in [-0.25, -0.2) is 4.79 Å². The summed E-state index contributed by atoms with van der Waals surface area (Å²) in [4.78, 5) is 13.7. The maximum atomic E-state index is 12.0. The number of β-amino-alcohol motifs (C(OH)–C–C–N with tert-alkyl or cyclic N) is 1. The van der Waals surface area contributed by atoms with Crippen LogP contribution in [0.1, 0.15) is 6.42 Å². The van der Waals surface area contributed by atoms with Crippen molar-refractivity contribution in [2.75, 3.05) is 18.4 Å². The number of carbonyl (C=O) groups is 1. The molecule has 4 heteroatoms. The topological polar surface area (TPSA) is 52.6 Å². The van der Waals surface area contributed by atoms with E-state index in [1.54, 1.807) is 4.90 Å². The third-order valence-electron chi connectivity index (χ3n) is 3.69. The number of likely N-dealkylation sites (tertiary alicyclic amines) is 1. The van der Waals surface area contributed by atoms with Crippen LogP contribution < -0.4 is 5.32 Å². The molecule has 0 saturated carbocycles. The lowest BCUT2D eigenvalue weighted by Crippen LogP contribution is -2.33. The lowest BCUT2D eigenvalue weighted by Gasteiger charge is -2.16. The van der Waals surface area contributed by atoms with E-state index in [2.05, 4.69) is 17.4 Å². The van der Waals surface area contributed by atoms with Crippen molar-refractivity contribution in [2.24, 2.45) is 0 Å². The van der Waals surface area contributed by atoms with E-state index < -0.39 is 6.10 Å². The number of nitrogens with one attached hydrogen (secondary N) is 1. The number of hydrogen-bond acceptors (Lipinski definition) is 2. The molecule has 2 aromatic rings. The Morgan fingerprint density at radius 3 is 2.33 bits per heavy atom. The van der Waals surface area contributed by atoms with E-state index in [1.165, 1.54) is 0 Å². The van der Waals surface area contributed by atoms with E-state index in [1.807, 2.05) is 42.5 Å². The molecule has 2 N–H and O–H groups in total. The largest absolute Gasteiger partial charge is 0.391 e. The molecule has 0 aliphatic carbocycles. The Bertz CT molecular complexity index is 610. The molecule has 4 nitrogen and oxygen atoms in total. The van der Waals surface area contributed by atoms with Gasteiger partial charge in [0.25, 0.3) is 0 Å². The fourth-order valence-corrected chi connectivity index (χ4v) is 2.51. The summed E-state index contributed by atoms with van der Waals surface area (Å²) in [5.74, 6) is 0. The number of anilines is 1. The Morgan fingerprint density at radius 2 is 1.71 bits per heavy atom. The monoisotopic (exact) mass is 282 g/mol. The first kappa shape index (κ1) is 13.6. The fraction of sp³-hybridized carbons (Fsp3) is 0.235. The summed E-state index contributed by atoms with van der Waals surface area (Å²) < 4.78 is 0. The lowest BCUT2D eigenvalue weighted by atomic mass is 10.1. The molecule has 0 radical (unpaired) electrons. The minimum atomic E-state index is -0.392. The third kappa shape index (κ3) is 3.23. The van der Waals surface area contributed by atoms with Crippen LogP contribution in [0.15, 0.2) is 54.6 Å².